The quantitative estimate of drug-likeness (QED) is 0.572. The lowest BCUT2D eigenvalue weighted by molar-refractivity contribution is -0.122. The van der Waals surface area contributed by atoms with Gasteiger partial charge < -0.3 is 15.0 Å². The van der Waals surface area contributed by atoms with Crippen LogP contribution in [0.2, 0.25) is 5.15 Å². The lowest BCUT2D eigenvalue weighted by Crippen LogP contribution is -2.51. The number of hydrogen-bond donors (Lipinski definition) is 1. The van der Waals surface area contributed by atoms with Gasteiger partial charge in [-0.05, 0) is 31.0 Å². The van der Waals surface area contributed by atoms with Gasteiger partial charge in [-0.3, -0.25) is 14.5 Å². The summed E-state index contributed by atoms with van der Waals surface area (Å²) >= 11 is 6.50. The molecule has 2 aromatic rings. The second-order valence-electron chi connectivity index (χ2n) is 7.80. The minimum absolute atomic E-state index is 0.0261. The fourth-order valence-corrected chi connectivity index (χ4v) is 3.95. The summed E-state index contributed by atoms with van der Waals surface area (Å²) in [7, 11) is 1.63. The molecule has 0 atom stereocenters. The second-order valence-corrected chi connectivity index (χ2v) is 8.16. The van der Waals surface area contributed by atoms with Crippen LogP contribution in [0.5, 0.6) is 0 Å². The highest BCUT2D eigenvalue weighted by molar-refractivity contribution is 6.33. The molecule has 32 heavy (non-hydrogen) atoms. The number of nitrogens with zero attached hydrogens (tertiary/aromatic N) is 4. The molecule has 2 heterocycles. The molecule has 10 heteroatoms. The molecule has 1 fully saturated rings. The van der Waals surface area contributed by atoms with E-state index >= 15 is 0 Å². The van der Waals surface area contributed by atoms with Gasteiger partial charge in [0.05, 0.1) is 24.3 Å². The van der Waals surface area contributed by atoms with Crippen molar-refractivity contribution in [3.63, 3.8) is 0 Å². The molecule has 1 aromatic carbocycles. The monoisotopic (exact) mass is 465 g/mol. The number of methoxy groups -OCH3 is 1. The van der Waals surface area contributed by atoms with E-state index in [4.69, 9.17) is 16.3 Å². The van der Waals surface area contributed by atoms with Crippen molar-refractivity contribution in [3.05, 3.63) is 52.1 Å². The molecule has 8 nitrogen and oxygen atoms in total. The number of carbonyl (C=O) groups is 2. The molecule has 1 aliphatic rings. The van der Waals surface area contributed by atoms with Crippen molar-refractivity contribution in [1.29, 1.82) is 0 Å². The maximum Gasteiger partial charge on any atom is 0.258 e. The summed E-state index contributed by atoms with van der Waals surface area (Å²) in [6.45, 7) is 5.85. The standard InChI is InChI=1S/C22H29ClFN5O3/c1-16-20(21(23)29(26-16)14-17-4-6-18(24)7-5-17)22(31)28-11-9-27(10-12-28)15-19(30)25-8-3-13-32-2/h4-7H,3,8-15H2,1-2H3,(H,25,30). The number of ether oxygens (including phenoxy) is 1. The number of amides is 2. The van der Waals surface area contributed by atoms with Crippen LogP contribution in [0.25, 0.3) is 0 Å². The molecule has 1 saturated heterocycles. The van der Waals surface area contributed by atoms with Crippen LogP contribution in [0.3, 0.4) is 0 Å². The Kier molecular flexibility index (Phi) is 8.60. The van der Waals surface area contributed by atoms with Gasteiger partial charge in [0.25, 0.3) is 5.91 Å². The number of aromatic nitrogens is 2. The Morgan fingerprint density at radius 3 is 2.53 bits per heavy atom. The van der Waals surface area contributed by atoms with Gasteiger partial charge in [-0.2, -0.15) is 5.10 Å². The van der Waals surface area contributed by atoms with Crippen molar-refractivity contribution in [1.82, 2.24) is 24.9 Å². The maximum absolute atomic E-state index is 13.1. The van der Waals surface area contributed by atoms with E-state index in [1.165, 1.54) is 12.1 Å². The average Bonchev–Trinajstić information content (AvgIpc) is 3.05. The Bertz CT molecular complexity index is 926. The summed E-state index contributed by atoms with van der Waals surface area (Å²) in [6.07, 6.45) is 0.777. The smallest absolute Gasteiger partial charge is 0.258 e. The van der Waals surface area contributed by atoms with E-state index in [9.17, 15) is 14.0 Å². The van der Waals surface area contributed by atoms with Crippen molar-refractivity contribution in [2.24, 2.45) is 0 Å². The van der Waals surface area contributed by atoms with Crippen LogP contribution in [0.4, 0.5) is 4.39 Å². The Morgan fingerprint density at radius 1 is 1.19 bits per heavy atom. The van der Waals surface area contributed by atoms with Crippen LogP contribution >= 0.6 is 11.6 Å². The van der Waals surface area contributed by atoms with Crippen molar-refractivity contribution < 1.29 is 18.7 Å². The summed E-state index contributed by atoms with van der Waals surface area (Å²) in [5.41, 5.74) is 1.78. The molecule has 0 spiro atoms. The number of piperazine rings is 1. The third-order valence-electron chi connectivity index (χ3n) is 5.40. The zero-order valence-electron chi connectivity index (χ0n) is 18.4. The highest BCUT2D eigenvalue weighted by atomic mass is 35.5. The molecular formula is C22H29ClFN5O3. The Labute approximate surface area is 192 Å². The minimum Gasteiger partial charge on any atom is -0.385 e. The van der Waals surface area contributed by atoms with Crippen LogP contribution < -0.4 is 5.32 Å². The number of carbonyl (C=O) groups excluding carboxylic acids is 2. The normalized spacial score (nSPS) is 14.6. The molecule has 0 bridgehead atoms. The first-order valence-corrected chi connectivity index (χ1v) is 11.0. The van der Waals surface area contributed by atoms with E-state index in [0.29, 0.717) is 63.7 Å². The molecule has 1 N–H and O–H groups in total. The molecule has 1 aromatic heterocycles. The summed E-state index contributed by atoms with van der Waals surface area (Å²) in [5.74, 6) is -0.501. The van der Waals surface area contributed by atoms with Crippen molar-refractivity contribution in [3.8, 4) is 0 Å². The number of aryl methyl sites for hydroxylation is 1. The van der Waals surface area contributed by atoms with Gasteiger partial charge in [0.15, 0.2) is 0 Å². The fraction of sp³-hybridized carbons (Fsp3) is 0.500. The Hall–Kier alpha value is -2.49. The van der Waals surface area contributed by atoms with E-state index in [1.54, 1.807) is 35.7 Å². The third kappa shape index (κ3) is 6.27. The molecule has 0 aliphatic carbocycles. The van der Waals surface area contributed by atoms with Crippen LogP contribution in [0.15, 0.2) is 24.3 Å². The summed E-state index contributed by atoms with van der Waals surface area (Å²) in [5, 5.41) is 7.56. The number of benzene rings is 1. The van der Waals surface area contributed by atoms with Crippen LogP contribution in [0, 0.1) is 12.7 Å². The summed E-state index contributed by atoms with van der Waals surface area (Å²) in [6, 6.07) is 6.09. The van der Waals surface area contributed by atoms with E-state index in [0.717, 1.165) is 12.0 Å². The van der Waals surface area contributed by atoms with Gasteiger partial charge in [0.2, 0.25) is 5.91 Å². The zero-order chi connectivity index (χ0) is 23.1. The zero-order valence-corrected chi connectivity index (χ0v) is 19.2. The van der Waals surface area contributed by atoms with Gasteiger partial charge in [-0.1, -0.05) is 23.7 Å². The minimum atomic E-state index is -0.310. The molecule has 1 aliphatic heterocycles. The lowest BCUT2D eigenvalue weighted by atomic mass is 10.2. The molecule has 3 rings (SSSR count). The first-order valence-electron chi connectivity index (χ1n) is 10.6. The van der Waals surface area contributed by atoms with Crippen molar-refractivity contribution >= 4 is 23.4 Å². The van der Waals surface area contributed by atoms with Gasteiger partial charge in [0.1, 0.15) is 11.0 Å². The molecular weight excluding hydrogens is 437 g/mol. The van der Waals surface area contributed by atoms with Crippen LogP contribution in [0.1, 0.15) is 28.0 Å². The third-order valence-corrected chi connectivity index (χ3v) is 5.78. The van der Waals surface area contributed by atoms with E-state index < -0.39 is 0 Å². The van der Waals surface area contributed by atoms with Gasteiger partial charge in [0, 0.05) is 46.4 Å². The molecule has 2 amide bonds. The molecule has 174 valence electrons. The fourth-order valence-electron chi connectivity index (χ4n) is 3.63. The summed E-state index contributed by atoms with van der Waals surface area (Å²) in [4.78, 5) is 28.9. The summed E-state index contributed by atoms with van der Waals surface area (Å²) < 4.78 is 19.7. The van der Waals surface area contributed by atoms with Crippen LogP contribution in [-0.2, 0) is 16.1 Å². The number of hydrogen-bond acceptors (Lipinski definition) is 5. The SMILES string of the molecule is COCCCNC(=O)CN1CCN(C(=O)c2c(C)nn(Cc3ccc(F)cc3)c2Cl)CC1. The Balaban J connectivity index is 1.54. The highest BCUT2D eigenvalue weighted by Gasteiger charge is 2.28. The van der Waals surface area contributed by atoms with Gasteiger partial charge >= 0.3 is 0 Å². The predicted molar refractivity (Wildman–Crippen MR) is 119 cm³/mol. The van der Waals surface area contributed by atoms with E-state index in [-0.39, 0.29) is 22.8 Å². The van der Waals surface area contributed by atoms with Gasteiger partial charge in [-0.15, -0.1) is 0 Å². The first kappa shape index (κ1) is 24.2. The predicted octanol–water partition coefficient (Wildman–Crippen LogP) is 1.94. The molecule has 0 saturated carbocycles. The number of nitrogens with one attached hydrogen (secondary N) is 1. The highest BCUT2D eigenvalue weighted by Crippen LogP contribution is 2.23. The topological polar surface area (TPSA) is 79.7 Å². The average molecular weight is 466 g/mol. The Morgan fingerprint density at radius 2 is 1.88 bits per heavy atom. The second kappa shape index (κ2) is 11.4. The van der Waals surface area contributed by atoms with Crippen LogP contribution in [-0.4, -0.2) is 84.4 Å². The van der Waals surface area contributed by atoms with Crippen molar-refractivity contribution in [2.45, 2.75) is 19.9 Å². The van der Waals surface area contributed by atoms with E-state index in [2.05, 4.69) is 10.4 Å². The lowest BCUT2D eigenvalue weighted by Gasteiger charge is -2.34. The van der Waals surface area contributed by atoms with Crippen molar-refractivity contribution in [2.75, 3.05) is 53.0 Å². The maximum atomic E-state index is 13.1. The number of rotatable bonds is 9. The first-order chi connectivity index (χ1) is 15.4. The van der Waals surface area contributed by atoms with E-state index in [1.807, 2.05) is 4.90 Å². The largest absolute Gasteiger partial charge is 0.385 e. The number of halogens is 2. The van der Waals surface area contributed by atoms with Gasteiger partial charge in [-0.25, -0.2) is 9.07 Å². The molecule has 0 unspecified atom stereocenters. The molecule has 0 radical (unpaired) electrons.